The van der Waals surface area contributed by atoms with Gasteiger partial charge in [-0.15, -0.1) is 11.8 Å². The van der Waals surface area contributed by atoms with Crippen molar-refractivity contribution < 1.29 is 10.2 Å². The van der Waals surface area contributed by atoms with Gasteiger partial charge in [0.25, 0.3) is 5.56 Å². The monoisotopic (exact) mass is 362 g/mol. The molecule has 0 aliphatic carbocycles. The Morgan fingerprint density at radius 1 is 1.45 bits per heavy atom. The highest BCUT2D eigenvalue weighted by Gasteiger charge is 2.35. The number of nitrogens with one attached hydrogen (secondary N) is 1. The Bertz CT molecular complexity index is 600. The van der Waals surface area contributed by atoms with Crippen LogP contribution in [0.2, 0.25) is 0 Å². The van der Waals surface area contributed by atoms with Crippen molar-refractivity contribution in [2.75, 3.05) is 13.2 Å². The summed E-state index contributed by atoms with van der Waals surface area (Å²) < 4.78 is 1.45. The smallest absolute Gasteiger partial charge is 0.329 e. The minimum absolute atomic E-state index is 0.0268. The Morgan fingerprint density at radius 2 is 2.20 bits per heavy atom. The first kappa shape index (κ1) is 15.6. The lowest BCUT2D eigenvalue weighted by Crippen LogP contribution is -2.32. The van der Waals surface area contributed by atoms with Crippen LogP contribution in [0.4, 0.5) is 0 Å². The van der Waals surface area contributed by atoms with Crippen molar-refractivity contribution in [1.82, 2.24) is 9.55 Å². The largest absolute Gasteiger partial charge is 0.396 e. The van der Waals surface area contributed by atoms with Crippen LogP contribution in [-0.4, -0.2) is 38.2 Å². The fourth-order valence-electron chi connectivity index (χ4n) is 2.24. The zero-order valence-electron chi connectivity index (χ0n) is 10.5. The lowest BCUT2D eigenvalue weighted by molar-refractivity contribution is 0.187. The normalized spacial score (nSPS) is 26.4. The van der Waals surface area contributed by atoms with E-state index in [0.717, 1.165) is 0 Å². The van der Waals surface area contributed by atoms with Gasteiger partial charge in [-0.25, -0.2) is 4.79 Å². The van der Waals surface area contributed by atoms with E-state index in [1.54, 1.807) is 11.1 Å². The fourth-order valence-corrected chi connectivity index (χ4v) is 4.08. The molecule has 0 aromatic carbocycles. The van der Waals surface area contributed by atoms with E-state index < -0.39 is 11.2 Å². The Labute approximate surface area is 127 Å². The fraction of sp³-hybridized carbons (Fsp3) is 0.500. The lowest BCUT2D eigenvalue weighted by Gasteiger charge is -2.13. The summed E-state index contributed by atoms with van der Waals surface area (Å²) in [6.07, 6.45) is 3.64. The molecule has 2 heterocycles. The highest BCUT2D eigenvalue weighted by molar-refractivity contribution is 9.11. The molecule has 3 atom stereocenters. The van der Waals surface area contributed by atoms with Crippen LogP contribution in [0.5, 0.6) is 0 Å². The first-order valence-electron chi connectivity index (χ1n) is 6.10. The highest BCUT2D eigenvalue weighted by atomic mass is 79.9. The highest BCUT2D eigenvalue weighted by Crippen LogP contribution is 2.44. The number of rotatable bonds is 4. The molecular weight excluding hydrogens is 348 g/mol. The molecule has 1 aliphatic rings. The summed E-state index contributed by atoms with van der Waals surface area (Å²) in [5.74, 6) is -0.0519. The van der Waals surface area contributed by atoms with Gasteiger partial charge in [-0.2, -0.15) is 0 Å². The number of hydrogen-bond donors (Lipinski definition) is 3. The van der Waals surface area contributed by atoms with E-state index in [-0.39, 0.29) is 29.8 Å². The van der Waals surface area contributed by atoms with Crippen LogP contribution in [0.15, 0.2) is 20.8 Å². The number of aromatic nitrogens is 2. The van der Waals surface area contributed by atoms with Crippen LogP contribution in [-0.2, 0) is 0 Å². The van der Waals surface area contributed by atoms with Gasteiger partial charge in [-0.05, 0) is 23.4 Å². The van der Waals surface area contributed by atoms with Crippen molar-refractivity contribution in [1.29, 1.82) is 0 Å². The SMILES string of the molecule is O=c1[nH]c(=O)n([C@H]2C[C@H](CO)[C@@H](CO)S2)cc1/C=C/Br. The predicted octanol–water partition coefficient (Wildman–Crippen LogP) is 0.507. The molecule has 1 aromatic rings. The molecule has 1 saturated heterocycles. The van der Waals surface area contributed by atoms with E-state index in [0.29, 0.717) is 12.0 Å². The summed E-state index contributed by atoms with van der Waals surface area (Å²) in [6, 6.07) is 0. The van der Waals surface area contributed by atoms with Crippen molar-refractivity contribution in [3.05, 3.63) is 37.6 Å². The topological polar surface area (TPSA) is 95.3 Å². The number of hydrogen-bond acceptors (Lipinski definition) is 5. The van der Waals surface area contributed by atoms with E-state index in [1.807, 2.05) is 0 Å². The Kier molecular flexibility index (Phi) is 5.25. The summed E-state index contributed by atoms with van der Waals surface area (Å²) in [5, 5.41) is 18.3. The maximum atomic E-state index is 11.9. The second-order valence-corrected chi connectivity index (χ2v) is 6.48. The van der Waals surface area contributed by atoms with Crippen LogP contribution < -0.4 is 11.2 Å². The quantitative estimate of drug-likeness (QED) is 0.725. The van der Waals surface area contributed by atoms with Gasteiger partial charge >= 0.3 is 5.69 Å². The number of aliphatic hydroxyl groups is 2. The average molecular weight is 363 g/mol. The molecular formula is C12H15BrN2O4S. The molecule has 3 N–H and O–H groups in total. The number of H-pyrrole nitrogens is 1. The van der Waals surface area contributed by atoms with Crippen LogP contribution in [0.3, 0.4) is 0 Å². The van der Waals surface area contributed by atoms with Gasteiger partial charge in [0, 0.05) is 18.1 Å². The van der Waals surface area contributed by atoms with Crippen LogP contribution >= 0.6 is 27.7 Å². The summed E-state index contributed by atoms with van der Waals surface area (Å²) in [7, 11) is 0. The van der Waals surface area contributed by atoms with Crippen molar-refractivity contribution in [3.63, 3.8) is 0 Å². The molecule has 1 aromatic heterocycles. The van der Waals surface area contributed by atoms with Crippen molar-refractivity contribution >= 4 is 33.8 Å². The lowest BCUT2D eigenvalue weighted by atomic mass is 10.0. The van der Waals surface area contributed by atoms with E-state index in [1.165, 1.54) is 22.5 Å². The Hall–Kier alpha value is -0.830. The number of aromatic amines is 1. The number of nitrogens with zero attached hydrogens (tertiary/aromatic N) is 1. The van der Waals surface area contributed by atoms with Crippen molar-refractivity contribution in [3.8, 4) is 0 Å². The van der Waals surface area contributed by atoms with Gasteiger partial charge < -0.3 is 10.2 Å². The van der Waals surface area contributed by atoms with Crippen molar-refractivity contribution in [2.24, 2.45) is 5.92 Å². The Morgan fingerprint density at radius 3 is 2.75 bits per heavy atom. The molecule has 0 bridgehead atoms. The molecule has 2 rings (SSSR count). The first-order chi connectivity index (χ1) is 9.60. The maximum absolute atomic E-state index is 11.9. The zero-order chi connectivity index (χ0) is 14.7. The molecule has 0 unspecified atom stereocenters. The third kappa shape index (κ3) is 3.08. The third-order valence-corrected chi connectivity index (χ3v) is 5.21. The van der Waals surface area contributed by atoms with E-state index in [9.17, 15) is 19.8 Å². The van der Waals surface area contributed by atoms with Gasteiger partial charge in [-0.3, -0.25) is 14.3 Å². The van der Waals surface area contributed by atoms with Gasteiger partial charge in [0.2, 0.25) is 0 Å². The van der Waals surface area contributed by atoms with E-state index in [4.69, 9.17) is 0 Å². The number of thioether (sulfide) groups is 1. The standard InChI is InChI=1S/C12H15BrN2O4S/c13-2-1-7-4-15(12(19)14-11(7)18)10-3-8(5-16)9(6-17)20-10/h1-2,4,8-10,16-17H,3,5-6H2,(H,14,18,19)/b2-1+/t8-,9-,10-/m1/s1. The van der Waals surface area contributed by atoms with Crippen molar-refractivity contribution in [2.45, 2.75) is 17.0 Å². The minimum atomic E-state index is -0.477. The molecule has 1 aliphatic heterocycles. The van der Waals surface area contributed by atoms with Gasteiger partial charge in [-0.1, -0.05) is 15.9 Å². The van der Waals surface area contributed by atoms with E-state index >= 15 is 0 Å². The van der Waals surface area contributed by atoms with Crippen LogP contribution in [0.1, 0.15) is 17.4 Å². The molecule has 0 saturated carbocycles. The summed E-state index contributed by atoms with van der Waals surface area (Å²) in [5.41, 5.74) is -0.549. The zero-order valence-corrected chi connectivity index (χ0v) is 12.9. The summed E-state index contributed by atoms with van der Waals surface area (Å²) in [4.78, 5) is 27.3. The molecule has 6 nitrogen and oxygen atoms in total. The molecule has 1 fully saturated rings. The first-order valence-corrected chi connectivity index (χ1v) is 7.96. The van der Waals surface area contributed by atoms with Gasteiger partial charge in [0.15, 0.2) is 0 Å². The molecule has 0 amide bonds. The minimum Gasteiger partial charge on any atom is -0.396 e. The summed E-state index contributed by atoms with van der Waals surface area (Å²) >= 11 is 4.53. The number of aliphatic hydroxyl groups excluding tert-OH is 2. The predicted molar refractivity (Wildman–Crippen MR) is 82.0 cm³/mol. The van der Waals surface area contributed by atoms with Gasteiger partial charge in [0.1, 0.15) is 0 Å². The Balaban J connectivity index is 2.36. The molecule has 20 heavy (non-hydrogen) atoms. The number of halogens is 1. The third-order valence-electron chi connectivity index (χ3n) is 3.32. The molecule has 0 radical (unpaired) electrons. The summed E-state index contributed by atoms with van der Waals surface area (Å²) in [6.45, 7) is -0.0698. The van der Waals surface area contributed by atoms with Crippen LogP contribution in [0, 0.1) is 5.92 Å². The molecule has 0 spiro atoms. The molecule has 8 heteroatoms. The van der Waals surface area contributed by atoms with E-state index in [2.05, 4.69) is 20.9 Å². The average Bonchev–Trinajstić information content (AvgIpc) is 2.85. The molecule has 110 valence electrons. The second kappa shape index (κ2) is 6.75. The maximum Gasteiger partial charge on any atom is 0.329 e. The van der Waals surface area contributed by atoms with Crippen LogP contribution in [0.25, 0.3) is 6.08 Å². The second-order valence-electron chi connectivity index (χ2n) is 4.53. The van der Waals surface area contributed by atoms with Gasteiger partial charge in [0.05, 0.1) is 17.5 Å².